The van der Waals surface area contributed by atoms with Crippen LogP contribution in [0.5, 0.6) is 0 Å². The zero-order valence-electron chi connectivity index (χ0n) is 10.7. The Labute approximate surface area is 115 Å². The van der Waals surface area contributed by atoms with Gasteiger partial charge in [-0.3, -0.25) is 4.90 Å². The first-order chi connectivity index (χ1) is 9.26. The highest BCUT2D eigenvalue weighted by atomic mass is 32.1. The molecule has 1 saturated heterocycles. The van der Waals surface area contributed by atoms with Crippen LogP contribution in [0.15, 0.2) is 5.16 Å². The summed E-state index contributed by atoms with van der Waals surface area (Å²) in [6.07, 6.45) is 2.48. The summed E-state index contributed by atoms with van der Waals surface area (Å²) in [6.45, 7) is 4.15. The molecular formula is C11H18N6OS. The Morgan fingerprint density at radius 1 is 1.37 bits per heavy atom. The zero-order valence-corrected chi connectivity index (χ0v) is 11.5. The molecule has 0 amide bonds. The highest BCUT2D eigenvalue weighted by molar-refractivity contribution is 7.09. The average molecular weight is 282 g/mol. The summed E-state index contributed by atoms with van der Waals surface area (Å²) in [6, 6.07) is 0. The van der Waals surface area contributed by atoms with Crippen molar-refractivity contribution in [3.8, 4) is 0 Å². The second-order valence-electron chi connectivity index (χ2n) is 5.06. The van der Waals surface area contributed by atoms with Crippen molar-refractivity contribution in [2.45, 2.75) is 18.8 Å². The van der Waals surface area contributed by atoms with Gasteiger partial charge in [0.1, 0.15) is 5.82 Å². The van der Waals surface area contributed by atoms with Crippen molar-refractivity contribution < 1.29 is 5.21 Å². The highest BCUT2D eigenvalue weighted by Gasteiger charge is 2.29. The van der Waals surface area contributed by atoms with Crippen LogP contribution in [0.25, 0.3) is 0 Å². The Morgan fingerprint density at radius 3 is 2.74 bits per heavy atom. The standard InChI is InChI=1S/C11H18N6OS/c12-9(14-18)7-16-3-5-17(6-4-16)11-13-10(15-19-11)8-1-2-8/h8,18H,1-7H2,(H2,12,14). The van der Waals surface area contributed by atoms with E-state index in [4.69, 9.17) is 10.9 Å². The summed E-state index contributed by atoms with van der Waals surface area (Å²) < 4.78 is 4.44. The van der Waals surface area contributed by atoms with E-state index in [9.17, 15) is 0 Å². The predicted molar refractivity (Wildman–Crippen MR) is 73.9 cm³/mol. The van der Waals surface area contributed by atoms with E-state index in [1.165, 1.54) is 24.4 Å². The van der Waals surface area contributed by atoms with E-state index >= 15 is 0 Å². The molecule has 2 fully saturated rings. The van der Waals surface area contributed by atoms with Crippen molar-refractivity contribution in [1.82, 2.24) is 14.3 Å². The van der Waals surface area contributed by atoms with Gasteiger partial charge in [0.2, 0.25) is 5.13 Å². The van der Waals surface area contributed by atoms with Gasteiger partial charge in [-0.15, -0.1) is 0 Å². The predicted octanol–water partition coefficient (Wildman–Crippen LogP) is 0.284. The molecule has 104 valence electrons. The third kappa shape index (κ3) is 2.95. The molecule has 0 unspecified atom stereocenters. The number of amidine groups is 1. The van der Waals surface area contributed by atoms with Gasteiger partial charge in [-0.25, -0.2) is 4.98 Å². The van der Waals surface area contributed by atoms with Gasteiger partial charge in [-0.2, -0.15) is 4.37 Å². The van der Waals surface area contributed by atoms with Crippen molar-refractivity contribution in [3.63, 3.8) is 0 Å². The Bertz CT molecular complexity index is 464. The van der Waals surface area contributed by atoms with Gasteiger partial charge in [0.15, 0.2) is 5.84 Å². The molecule has 1 aliphatic carbocycles. The lowest BCUT2D eigenvalue weighted by molar-refractivity contribution is 0.278. The molecule has 0 radical (unpaired) electrons. The quantitative estimate of drug-likeness (QED) is 0.357. The van der Waals surface area contributed by atoms with E-state index in [1.807, 2.05) is 0 Å². The summed E-state index contributed by atoms with van der Waals surface area (Å²) in [7, 11) is 0. The molecule has 19 heavy (non-hydrogen) atoms. The number of anilines is 1. The smallest absolute Gasteiger partial charge is 0.205 e. The summed E-state index contributed by atoms with van der Waals surface area (Å²) in [5, 5.41) is 12.6. The van der Waals surface area contributed by atoms with Gasteiger partial charge >= 0.3 is 0 Å². The number of hydrogen-bond donors (Lipinski definition) is 2. The molecule has 3 N–H and O–H groups in total. The normalized spacial score (nSPS) is 21.9. The van der Waals surface area contributed by atoms with Crippen LogP contribution in [0, 0.1) is 0 Å². The number of nitrogens with two attached hydrogens (primary N) is 1. The van der Waals surface area contributed by atoms with Crippen molar-refractivity contribution in [2.24, 2.45) is 10.9 Å². The lowest BCUT2D eigenvalue weighted by atomic mass is 10.3. The van der Waals surface area contributed by atoms with Gasteiger partial charge in [-0.1, -0.05) is 5.16 Å². The molecule has 0 bridgehead atoms. The van der Waals surface area contributed by atoms with E-state index in [1.54, 1.807) is 0 Å². The third-order valence-corrected chi connectivity index (χ3v) is 4.32. The number of nitrogens with zero attached hydrogens (tertiary/aromatic N) is 5. The van der Waals surface area contributed by atoms with Crippen LogP contribution >= 0.6 is 11.5 Å². The summed E-state index contributed by atoms with van der Waals surface area (Å²) >= 11 is 1.50. The lowest BCUT2D eigenvalue weighted by Gasteiger charge is -2.33. The second-order valence-corrected chi connectivity index (χ2v) is 5.79. The Hall–Kier alpha value is -1.41. The average Bonchev–Trinajstić information content (AvgIpc) is 3.17. The van der Waals surface area contributed by atoms with Gasteiger partial charge < -0.3 is 15.8 Å². The lowest BCUT2D eigenvalue weighted by Crippen LogP contribution is -2.48. The summed E-state index contributed by atoms with van der Waals surface area (Å²) in [4.78, 5) is 9.07. The minimum atomic E-state index is 0.264. The van der Waals surface area contributed by atoms with Crippen LogP contribution < -0.4 is 10.6 Å². The fourth-order valence-corrected chi connectivity index (χ4v) is 3.02. The maximum atomic E-state index is 8.57. The molecule has 1 aromatic rings. The zero-order chi connectivity index (χ0) is 13.2. The van der Waals surface area contributed by atoms with E-state index in [0.29, 0.717) is 12.5 Å². The van der Waals surface area contributed by atoms with Gasteiger partial charge in [0.05, 0.1) is 6.54 Å². The topological polar surface area (TPSA) is 90.9 Å². The fraction of sp³-hybridized carbons (Fsp3) is 0.727. The van der Waals surface area contributed by atoms with E-state index in [-0.39, 0.29) is 5.84 Å². The number of hydrogen-bond acceptors (Lipinski definition) is 7. The first kappa shape index (κ1) is 12.6. The maximum Gasteiger partial charge on any atom is 0.205 e. The third-order valence-electron chi connectivity index (χ3n) is 3.53. The Balaban J connectivity index is 1.54. The largest absolute Gasteiger partial charge is 0.409 e. The Morgan fingerprint density at radius 2 is 2.11 bits per heavy atom. The SMILES string of the molecule is NC(CN1CCN(c2nc(C3CC3)ns2)CC1)=NO. The molecule has 0 aromatic carbocycles. The van der Waals surface area contributed by atoms with Crippen LogP contribution in [0.2, 0.25) is 0 Å². The molecule has 1 aliphatic heterocycles. The van der Waals surface area contributed by atoms with Crippen molar-refractivity contribution >= 4 is 22.5 Å². The summed E-state index contributed by atoms with van der Waals surface area (Å²) in [5.74, 6) is 1.91. The molecule has 1 aromatic heterocycles. The first-order valence-electron chi connectivity index (χ1n) is 6.53. The fourth-order valence-electron chi connectivity index (χ4n) is 2.22. The van der Waals surface area contributed by atoms with Gasteiger partial charge in [0, 0.05) is 43.6 Å². The minimum absolute atomic E-state index is 0.264. The summed E-state index contributed by atoms with van der Waals surface area (Å²) in [5.41, 5.74) is 5.52. The molecular weight excluding hydrogens is 264 g/mol. The number of piperazine rings is 1. The molecule has 8 heteroatoms. The first-order valence-corrected chi connectivity index (χ1v) is 7.31. The molecule has 3 rings (SSSR count). The van der Waals surface area contributed by atoms with Crippen LogP contribution in [0.3, 0.4) is 0 Å². The van der Waals surface area contributed by atoms with Gasteiger partial charge in [-0.05, 0) is 12.8 Å². The van der Waals surface area contributed by atoms with Crippen molar-refractivity contribution in [3.05, 3.63) is 5.82 Å². The second kappa shape index (κ2) is 5.30. The molecule has 1 saturated carbocycles. The van der Waals surface area contributed by atoms with Crippen molar-refractivity contribution in [2.75, 3.05) is 37.6 Å². The molecule has 2 heterocycles. The molecule has 2 aliphatic rings. The van der Waals surface area contributed by atoms with Crippen LogP contribution in [-0.2, 0) is 0 Å². The molecule has 7 nitrogen and oxygen atoms in total. The maximum absolute atomic E-state index is 8.57. The Kier molecular flexibility index (Phi) is 3.52. The minimum Gasteiger partial charge on any atom is -0.409 e. The monoisotopic (exact) mass is 282 g/mol. The van der Waals surface area contributed by atoms with E-state index < -0.39 is 0 Å². The number of oxime groups is 1. The van der Waals surface area contributed by atoms with Crippen LogP contribution in [0.4, 0.5) is 5.13 Å². The van der Waals surface area contributed by atoms with Crippen LogP contribution in [0.1, 0.15) is 24.6 Å². The number of aromatic nitrogens is 2. The molecule has 0 atom stereocenters. The van der Waals surface area contributed by atoms with Gasteiger partial charge in [0.25, 0.3) is 0 Å². The highest BCUT2D eigenvalue weighted by Crippen LogP contribution is 2.39. The number of rotatable bonds is 4. The molecule has 0 spiro atoms. The van der Waals surface area contributed by atoms with E-state index in [2.05, 4.69) is 24.3 Å². The van der Waals surface area contributed by atoms with Crippen LogP contribution in [-0.4, -0.2) is 58.0 Å². The van der Waals surface area contributed by atoms with Crippen molar-refractivity contribution in [1.29, 1.82) is 0 Å². The van der Waals surface area contributed by atoms with E-state index in [0.717, 1.165) is 37.1 Å².